The van der Waals surface area contributed by atoms with Gasteiger partial charge in [-0.05, 0) is 23.8 Å². The second kappa shape index (κ2) is 4.97. The van der Waals surface area contributed by atoms with Crippen LogP contribution in [0.4, 0.5) is 5.00 Å². The monoisotopic (exact) mass is 366 g/mol. The molecule has 0 aliphatic carbocycles. The van der Waals surface area contributed by atoms with E-state index in [0.29, 0.717) is 0 Å². The Morgan fingerprint density at radius 1 is 1.19 bits per heavy atom. The van der Waals surface area contributed by atoms with E-state index in [2.05, 4.69) is 21.4 Å². The summed E-state index contributed by atoms with van der Waals surface area (Å²) in [5.74, 6) is -1.13. The van der Waals surface area contributed by atoms with E-state index in [9.17, 15) is 19.5 Å². The van der Waals surface area contributed by atoms with Gasteiger partial charge in [0.2, 0.25) is 0 Å². The van der Waals surface area contributed by atoms with Crippen molar-refractivity contribution in [2.75, 3.05) is 5.43 Å². The van der Waals surface area contributed by atoms with Crippen molar-refractivity contribution in [1.82, 2.24) is 4.68 Å². The zero-order valence-electron chi connectivity index (χ0n) is 10.3. The van der Waals surface area contributed by atoms with Gasteiger partial charge in [-0.2, -0.15) is 4.68 Å². The number of benzene rings is 1. The SMILES string of the molecule is O=C(O)c1cc(-c2ccc(Br)cc2)sc1Nn1c(=O)c1=O. The molecule has 6 nitrogen and oxygen atoms in total. The molecule has 1 aromatic carbocycles. The second-order valence-corrected chi connectivity index (χ2v) is 6.19. The Labute approximate surface area is 130 Å². The highest BCUT2D eigenvalue weighted by atomic mass is 79.9. The van der Waals surface area contributed by atoms with Crippen LogP contribution in [0.3, 0.4) is 0 Å². The van der Waals surface area contributed by atoms with Gasteiger partial charge in [0.1, 0.15) is 5.00 Å². The summed E-state index contributed by atoms with van der Waals surface area (Å²) in [6.07, 6.45) is 0. The van der Waals surface area contributed by atoms with E-state index >= 15 is 0 Å². The maximum atomic E-state index is 11.3. The second-order valence-electron chi connectivity index (χ2n) is 4.22. The third-order valence-electron chi connectivity index (χ3n) is 2.84. The van der Waals surface area contributed by atoms with Gasteiger partial charge in [0.05, 0.1) is 5.56 Å². The lowest BCUT2D eigenvalue weighted by molar-refractivity contribution is 0.0698. The molecule has 8 heteroatoms. The summed E-state index contributed by atoms with van der Waals surface area (Å²) in [5, 5.41) is 9.46. The number of rotatable bonds is 4. The molecular formula is C13H7BrN2O4S. The number of thiophene rings is 1. The van der Waals surface area contributed by atoms with Crippen LogP contribution in [-0.4, -0.2) is 15.8 Å². The first-order chi connectivity index (χ1) is 9.97. The number of halogens is 1. The molecule has 0 aliphatic heterocycles. The van der Waals surface area contributed by atoms with Crippen molar-refractivity contribution in [3.63, 3.8) is 0 Å². The molecule has 2 heterocycles. The van der Waals surface area contributed by atoms with Gasteiger partial charge < -0.3 is 5.11 Å². The fourth-order valence-electron chi connectivity index (χ4n) is 1.73. The van der Waals surface area contributed by atoms with Crippen molar-refractivity contribution in [2.24, 2.45) is 0 Å². The summed E-state index contributed by atoms with van der Waals surface area (Å²) in [6.45, 7) is 0. The van der Waals surface area contributed by atoms with Crippen LogP contribution in [-0.2, 0) is 0 Å². The third kappa shape index (κ3) is 2.55. The topological polar surface area (TPSA) is 88.4 Å². The molecule has 3 rings (SSSR count). The minimum absolute atomic E-state index is 0.0189. The number of aromatic carboxylic acids is 1. The number of nitrogens with zero attached hydrogens (tertiary/aromatic N) is 1. The first-order valence-electron chi connectivity index (χ1n) is 5.75. The number of carboxylic acids is 1. The Hall–Kier alpha value is -2.19. The largest absolute Gasteiger partial charge is 0.478 e. The fourth-order valence-corrected chi connectivity index (χ4v) is 3.04. The van der Waals surface area contributed by atoms with Gasteiger partial charge in [-0.15, -0.1) is 11.3 Å². The predicted molar refractivity (Wildman–Crippen MR) is 82.8 cm³/mol. The number of aromatic nitrogens is 1. The van der Waals surface area contributed by atoms with Crippen LogP contribution < -0.4 is 16.5 Å². The summed E-state index contributed by atoms with van der Waals surface area (Å²) in [5.41, 5.74) is 2.05. The molecule has 0 amide bonds. The highest BCUT2D eigenvalue weighted by Crippen LogP contribution is 2.35. The van der Waals surface area contributed by atoms with E-state index in [0.717, 1.165) is 19.6 Å². The van der Waals surface area contributed by atoms with Gasteiger partial charge in [0.25, 0.3) is 0 Å². The van der Waals surface area contributed by atoms with Crippen LogP contribution in [0.2, 0.25) is 0 Å². The molecule has 0 bridgehead atoms. The van der Waals surface area contributed by atoms with E-state index in [1.54, 1.807) is 0 Å². The normalized spacial score (nSPS) is 10.9. The molecule has 2 N–H and O–H groups in total. The molecule has 2 aromatic heterocycles. The van der Waals surface area contributed by atoms with Gasteiger partial charge in [0, 0.05) is 9.35 Å². The zero-order valence-corrected chi connectivity index (χ0v) is 12.7. The van der Waals surface area contributed by atoms with Crippen molar-refractivity contribution < 1.29 is 9.90 Å². The Morgan fingerprint density at radius 2 is 1.81 bits per heavy atom. The molecule has 21 heavy (non-hydrogen) atoms. The highest BCUT2D eigenvalue weighted by Gasteiger charge is 2.22. The lowest BCUT2D eigenvalue weighted by atomic mass is 10.1. The number of hydrogen-bond acceptors (Lipinski definition) is 5. The summed E-state index contributed by atoms with van der Waals surface area (Å²) in [4.78, 5) is 33.9. The first kappa shape index (κ1) is 13.8. The lowest BCUT2D eigenvalue weighted by Crippen LogP contribution is -2.09. The molecule has 0 unspecified atom stereocenters. The van der Waals surface area contributed by atoms with E-state index in [4.69, 9.17) is 0 Å². The van der Waals surface area contributed by atoms with Gasteiger partial charge in [-0.25, -0.2) is 4.79 Å². The number of carboxylic acid groups (broad SMARTS) is 1. The lowest BCUT2D eigenvalue weighted by Gasteiger charge is -1.98. The quantitative estimate of drug-likeness (QED) is 0.690. The molecule has 3 aromatic rings. The molecule has 0 atom stereocenters. The minimum atomic E-state index is -1.13. The van der Waals surface area contributed by atoms with Crippen LogP contribution in [0, 0.1) is 0 Å². The molecule has 0 aliphatic rings. The fraction of sp³-hybridized carbons (Fsp3) is 0. The molecular weight excluding hydrogens is 360 g/mol. The van der Waals surface area contributed by atoms with Crippen LogP contribution in [0.5, 0.6) is 0 Å². The van der Waals surface area contributed by atoms with Crippen molar-refractivity contribution in [1.29, 1.82) is 0 Å². The zero-order chi connectivity index (χ0) is 15.1. The molecule has 0 fully saturated rings. The smallest absolute Gasteiger partial charge is 0.340 e. The number of nitrogens with one attached hydrogen (secondary N) is 1. The van der Waals surface area contributed by atoms with Crippen molar-refractivity contribution in [3.05, 3.63) is 61.1 Å². The van der Waals surface area contributed by atoms with Crippen LogP contribution in [0.1, 0.15) is 10.4 Å². The number of hydrogen-bond donors (Lipinski definition) is 2. The molecule has 106 valence electrons. The van der Waals surface area contributed by atoms with Crippen LogP contribution >= 0.6 is 27.3 Å². The van der Waals surface area contributed by atoms with Crippen molar-refractivity contribution in [3.8, 4) is 10.4 Å². The molecule has 0 saturated carbocycles. The average molecular weight is 367 g/mol. The first-order valence-corrected chi connectivity index (χ1v) is 7.36. The van der Waals surface area contributed by atoms with Crippen LogP contribution in [0.15, 0.2) is 44.4 Å². The predicted octanol–water partition coefficient (Wildman–Crippen LogP) is 2.15. The standard InChI is InChI=1S/C13H7BrN2O4S/c14-7-3-1-6(2-4-7)9-5-8(13(19)20)10(21-9)15-16-11(17)12(16)18/h1-5,15H,(H,19,20). The van der Waals surface area contributed by atoms with E-state index < -0.39 is 17.1 Å². The number of carbonyl (C=O) groups is 1. The maximum Gasteiger partial charge on any atom is 0.340 e. The summed E-state index contributed by atoms with van der Waals surface area (Å²) < 4.78 is 1.70. The maximum absolute atomic E-state index is 11.3. The van der Waals surface area contributed by atoms with E-state index in [1.165, 1.54) is 17.4 Å². The minimum Gasteiger partial charge on any atom is -0.478 e. The summed E-state index contributed by atoms with van der Waals surface area (Å²) >= 11 is 4.50. The van der Waals surface area contributed by atoms with Gasteiger partial charge in [-0.3, -0.25) is 15.0 Å². The Bertz CT molecular complexity index is 878. The molecule has 0 saturated heterocycles. The summed E-state index contributed by atoms with van der Waals surface area (Å²) in [6, 6.07) is 8.90. The van der Waals surface area contributed by atoms with Crippen LogP contribution in [0.25, 0.3) is 10.4 Å². The Morgan fingerprint density at radius 3 is 2.33 bits per heavy atom. The molecule has 0 radical (unpaired) electrons. The summed E-state index contributed by atoms with van der Waals surface area (Å²) in [7, 11) is 0. The Balaban J connectivity index is 2.02. The van der Waals surface area contributed by atoms with E-state index in [1.807, 2.05) is 24.3 Å². The molecule has 0 spiro atoms. The van der Waals surface area contributed by atoms with Crippen molar-refractivity contribution in [2.45, 2.75) is 0 Å². The van der Waals surface area contributed by atoms with E-state index in [-0.39, 0.29) is 10.6 Å². The Kier molecular flexibility index (Phi) is 3.26. The van der Waals surface area contributed by atoms with Gasteiger partial charge in [-0.1, -0.05) is 28.1 Å². The van der Waals surface area contributed by atoms with Gasteiger partial charge in [0.15, 0.2) is 0 Å². The highest BCUT2D eigenvalue weighted by molar-refractivity contribution is 9.10. The third-order valence-corrected chi connectivity index (χ3v) is 4.46. The van der Waals surface area contributed by atoms with Gasteiger partial charge >= 0.3 is 17.1 Å². The number of anilines is 1. The average Bonchev–Trinajstić information content (AvgIpc) is 2.88. The van der Waals surface area contributed by atoms with Crippen molar-refractivity contribution >= 4 is 38.2 Å².